The van der Waals surface area contributed by atoms with Gasteiger partial charge in [-0.1, -0.05) is 77.4 Å². The van der Waals surface area contributed by atoms with Crippen LogP contribution in [0.3, 0.4) is 0 Å². The van der Waals surface area contributed by atoms with Gasteiger partial charge in [0.15, 0.2) is 0 Å². The molecular weight excluding hydrogens is 442 g/mol. The fourth-order valence-corrected chi connectivity index (χ4v) is 3.98. The van der Waals surface area contributed by atoms with Crippen LogP contribution in [-0.4, -0.2) is 26.2 Å². The van der Waals surface area contributed by atoms with Crippen LogP contribution in [0, 0.1) is 6.92 Å². The predicted molar refractivity (Wildman–Crippen MR) is 130 cm³/mol. The second-order valence-electron chi connectivity index (χ2n) is 8.42. The number of nitrogens with zero attached hydrogens (tertiary/aromatic N) is 4. The average Bonchev–Trinajstić information content (AvgIpc) is 3.35. The number of hydrogen-bond donors (Lipinski definition) is 1. The number of aromatic nitrogens is 4. The lowest BCUT2D eigenvalue weighted by Gasteiger charge is -2.27. The fourth-order valence-electron chi connectivity index (χ4n) is 3.98. The minimum atomic E-state index is -0.532. The van der Waals surface area contributed by atoms with Crippen molar-refractivity contribution in [3.05, 3.63) is 112 Å². The molecule has 1 N–H and O–H groups in total. The lowest BCUT2D eigenvalue weighted by Crippen LogP contribution is -2.29. The molecule has 176 valence electrons. The normalized spacial score (nSPS) is 14.7. The number of anilines is 1. The number of carbonyl (C=O) groups is 1. The number of carbonyl (C=O) groups excluding carboxylic acids is 1. The third kappa shape index (κ3) is 4.91. The minimum Gasteiger partial charge on any atom is -0.489 e. The number of fused-ring (bicyclic) bond motifs is 1. The van der Waals surface area contributed by atoms with E-state index >= 15 is 0 Å². The number of nitrogens with one attached hydrogen (secondary N) is 1. The van der Waals surface area contributed by atoms with E-state index in [4.69, 9.17) is 9.47 Å². The second kappa shape index (κ2) is 9.80. The predicted octanol–water partition coefficient (Wildman–Crippen LogP) is 4.59. The Hall–Kier alpha value is -4.46. The monoisotopic (exact) mass is 467 g/mol. The van der Waals surface area contributed by atoms with Crippen LogP contribution >= 0.6 is 0 Å². The van der Waals surface area contributed by atoms with E-state index < -0.39 is 12.0 Å². The van der Waals surface area contributed by atoms with Crippen molar-refractivity contribution < 1.29 is 14.3 Å². The molecule has 1 aromatic heterocycles. The molecule has 0 radical (unpaired) electrons. The summed E-state index contributed by atoms with van der Waals surface area (Å²) in [6, 6.07) is 24.9. The summed E-state index contributed by atoms with van der Waals surface area (Å²) in [6.07, 6.45) is 0. The molecule has 4 aromatic rings. The zero-order valence-electron chi connectivity index (χ0n) is 19.5. The summed E-state index contributed by atoms with van der Waals surface area (Å²) in [5.74, 6) is 0.769. The zero-order chi connectivity index (χ0) is 24.2. The van der Waals surface area contributed by atoms with Crippen LogP contribution < -0.4 is 10.1 Å². The average molecular weight is 468 g/mol. The van der Waals surface area contributed by atoms with Gasteiger partial charge in [0.25, 0.3) is 0 Å². The number of tetrazole rings is 1. The topological polar surface area (TPSA) is 91.2 Å². The summed E-state index contributed by atoms with van der Waals surface area (Å²) in [4.78, 5) is 13.2. The summed E-state index contributed by atoms with van der Waals surface area (Å²) in [5.41, 5.74) is 5.16. The number of ether oxygens (including phenoxy) is 2. The van der Waals surface area contributed by atoms with Crippen molar-refractivity contribution in [1.82, 2.24) is 20.2 Å². The first-order valence-electron chi connectivity index (χ1n) is 11.3. The van der Waals surface area contributed by atoms with Gasteiger partial charge in [0.2, 0.25) is 5.95 Å². The van der Waals surface area contributed by atoms with E-state index in [0.717, 1.165) is 22.4 Å². The third-order valence-electron chi connectivity index (χ3n) is 5.87. The van der Waals surface area contributed by atoms with Crippen LogP contribution in [-0.2, 0) is 22.7 Å². The minimum absolute atomic E-state index is 0.178. The quantitative estimate of drug-likeness (QED) is 0.398. The SMILES string of the molecule is CC1=C(C(=O)OCc2ccccc2)C(c2ccc(OCc3ccc(C)cc3)cc2)n2nnnc2N1. The van der Waals surface area contributed by atoms with Crippen LogP contribution in [0.4, 0.5) is 5.95 Å². The fraction of sp³-hybridized carbons (Fsp3) is 0.185. The Kier molecular flexibility index (Phi) is 6.26. The van der Waals surface area contributed by atoms with Gasteiger partial charge in [-0.25, -0.2) is 4.79 Å². The Labute approximate surface area is 203 Å². The molecular formula is C27H25N5O3. The highest BCUT2D eigenvalue weighted by Crippen LogP contribution is 2.35. The molecule has 2 heterocycles. The highest BCUT2D eigenvalue weighted by molar-refractivity contribution is 5.92. The van der Waals surface area contributed by atoms with E-state index in [1.54, 1.807) is 4.68 Å². The summed E-state index contributed by atoms with van der Waals surface area (Å²) in [6.45, 7) is 4.53. The lowest BCUT2D eigenvalue weighted by molar-refractivity contribution is -0.140. The molecule has 0 saturated carbocycles. The summed E-state index contributed by atoms with van der Waals surface area (Å²) in [7, 11) is 0. The highest BCUT2D eigenvalue weighted by atomic mass is 16.5. The Morgan fingerprint density at radius 2 is 1.63 bits per heavy atom. The Bertz CT molecular complexity index is 1350. The van der Waals surface area contributed by atoms with Crippen LogP contribution in [0.1, 0.15) is 35.2 Å². The molecule has 8 heteroatoms. The maximum Gasteiger partial charge on any atom is 0.338 e. The van der Waals surface area contributed by atoms with Gasteiger partial charge >= 0.3 is 5.97 Å². The molecule has 1 atom stereocenters. The van der Waals surface area contributed by atoms with Gasteiger partial charge < -0.3 is 14.8 Å². The Morgan fingerprint density at radius 1 is 0.914 bits per heavy atom. The van der Waals surface area contributed by atoms with E-state index in [2.05, 4.69) is 52.0 Å². The van der Waals surface area contributed by atoms with Crippen LogP contribution in [0.2, 0.25) is 0 Å². The molecule has 1 aliphatic heterocycles. The first-order valence-corrected chi connectivity index (χ1v) is 11.3. The summed E-state index contributed by atoms with van der Waals surface area (Å²) < 4.78 is 13.2. The molecule has 0 saturated heterocycles. The van der Waals surface area contributed by atoms with Crippen LogP contribution in [0.5, 0.6) is 5.75 Å². The standard InChI is InChI=1S/C27H25N5O3/c1-18-8-10-21(11-9-18)16-34-23-14-12-22(13-15-23)25-24(19(2)28-27-29-30-31-32(25)27)26(33)35-17-20-6-4-3-5-7-20/h3-15,25H,16-17H2,1-2H3,(H,28,29,31). The molecule has 8 nitrogen and oxygen atoms in total. The second-order valence-corrected chi connectivity index (χ2v) is 8.42. The van der Waals surface area contributed by atoms with E-state index in [9.17, 15) is 4.79 Å². The van der Waals surface area contributed by atoms with Gasteiger partial charge in [-0.2, -0.15) is 4.68 Å². The summed E-state index contributed by atoms with van der Waals surface area (Å²) in [5, 5.41) is 15.1. The molecule has 0 spiro atoms. The van der Waals surface area contributed by atoms with Gasteiger partial charge in [-0.15, -0.1) is 0 Å². The molecule has 35 heavy (non-hydrogen) atoms. The largest absolute Gasteiger partial charge is 0.489 e. The number of allylic oxidation sites excluding steroid dienone is 1. The van der Waals surface area contributed by atoms with Crippen molar-refractivity contribution >= 4 is 11.9 Å². The maximum absolute atomic E-state index is 13.2. The van der Waals surface area contributed by atoms with Crippen molar-refractivity contribution in [1.29, 1.82) is 0 Å². The van der Waals surface area contributed by atoms with E-state index in [1.165, 1.54) is 5.56 Å². The Balaban J connectivity index is 1.36. The molecule has 3 aromatic carbocycles. The van der Waals surface area contributed by atoms with Crippen molar-refractivity contribution in [3.63, 3.8) is 0 Å². The molecule has 0 fully saturated rings. The molecule has 0 amide bonds. The first kappa shape index (κ1) is 22.3. The molecule has 1 aliphatic rings. The van der Waals surface area contributed by atoms with Crippen molar-refractivity contribution in [2.45, 2.75) is 33.1 Å². The maximum atomic E-state index is 13.2. The van der Waals surface area contributed by atoms with Gasteiger partial charge in [0.1, 0.15) is 25.0 Å². The molecule has 1 unspecified atom stereocenters. The zero-order valence-corrected chi connectivity index (χ0v) is 19.5. The van der Waals surface area contributed by atoms with E-state index in [1.807, 2.05) is 61.5 Å². The highest BCUT2D eigenvalue weighted by Gasteiger charge is 2.35. The van der Waals surface area contributed by atoms with Crippen molar-refractivity contribution in [2.75, 3.05) is 5.32 Å². The summed E-state index contributed by atoms with van der Waals surface area (Å²) >= 11 is 0. The van der Waals surface area contributed by atoms with Gasteiger partial charge in [0.05, 0.1) is 5.57 Å². The number of esters is 1. The Morgan fingerprint density at radius 3 is 2.37 bits per heavy atom. The van der Waals surface area contributed by atoms with Crippen molar-refractivity contribution in [2.24, 2.45) is 0 Å². The molecule has 0 aliphatic carbocycles. The van der Waals surface area contributed by atoms with Gasteiger partial charge in [-0.3, -0.25) is 0 Å². The molecule has 5 rings (SSSR count). The number of rotatable bonds is 7. The number of benzene rings is 3. The van der Waals surface area contributed by atoms with Crippen LogP contribution in [0.25, 0.3) is 0 Å². The number of hydrogen-bond acceptors (Lipinski definition) is 7. The smallest absolute Gasteiger partial charge is 0.338 e. The van der Waals surface area contributed by atoms with E-state index in [0.29, 0.717) is 23.8 Å². The third-order valence-corrected chi connectivity index (χ3v) is 5.87. The van der Waals surface area contributed by atoms with Gasteiger partial charge in [-0.05, 0) is 53.1 Å². The van der Waals surface area contributed by atoms with Gasteiger partial charge in [0, 0.05) is 5.70 Å². The molecule has 0 bridgehead atoms. The first-order chi connectivity index (χ1) is 17.1. The number of aryl methyl sites for hydroxylation is 1. The van der Waals surface area contributed by atoms with Crippen molar-refractivity contribution in [3.8, 4) is 5.75 Å². The van der Waals surface area contributed by atoms with E-state index in [-0.39, 0.29) is 6.61 Å². The lowest BCUT2D eigenvalue weighted by atomic mass is 9.95. The van der Waals surface area contributed by atoms with Crippen LogP contribution in [0.15, 0.2) is 90.1 Å².